The Kier molecular flexibility index (Phi) is 4.40. The molecular weight excluding hydrogens is 294 g/mol. The Bertz CT molecular complexity index is 647. The molecule has 1 unspecified atom stereocenters. The van der Waals surface area contributed by atoms with Gasteiger partial charge in [0.05, 0.1) is 11.4 Å². The molecule has 0 amide bonds. The average Bonchev–Trinajstić information content (AvgIpc) is 3.06. The van der Waals surface area contributed by atoms with E-state index in [4.69, 9.17) is 0 Å². The van der Waals surface area contributed by atoms with Crippen LogP contribution in [0.15, 0.2) is 6.07 Å². The Morgan fingerprint density at radius 1 is 1.27 bits per heavy atom. The number of hydrogen-bond donors (Lipinski definition) is 1. The fourth-order valence-corrected chi connectivity index (χ4v) is 3.68. The summed E-state index contributed by atoms with van der Waals surface area (Å²) in [4.78, 5) is 17.4. The van der Waals surface area contributed by atoms with Crippen molar-refractivity contribution in [3.8, 4) is 0 Å². The monoisotopic (exact) mass is 317 g/mol. The number of nitrogens with zero attached hydrogens (tertiary/aromatic N) is 4. The Labute approximate surface area is 135 Å². The summed E-state index contributed by atoms with van der Waals surface area (Å²) in [6.07, 6.45) is 1.18. The van der Waals surface area contributed by atoms with E-state index in [1.54, 1.807) is 11.3 Å². The third-order valence-corrected chi connectivity index (χ3v) is 5.25. The van der Waals surface area contributed by atoms with Crippen LogP contribution in [-0.2, 0) is 0 Å². The molecule has 22 heavy (non-hydrogen) atoms. The molecule has 0 radical (unpaired) electrons. The molecule has 1 N–H and O–H groups in total. The van der Waals surface area contributed by atoms with E-state index in [0.717, 1.165) is 47.8 Å². The van der Waals surface area contributed by atoms with Crippen molar-refractivity contribution in [2.75, 3.05) is 25.0 Å². The molecule has 0 saturated carbocycles. The highest BCUT2D eigenvalue weighted by atomic mass is 32.1. The van der Waals surface area contributed by atoms with E-state index in [0.29, 0.717) is 5.92 Å². The zero-order valence-electron chi connectivity index (χ0n) is 13.7. The maximum Gasteiger partial charge on any atom is 0.188 e. The minimum Gasteiger partial charge on any atom is -0.316 e. The van der Waals surface area contributed by atoms with Gasteiger partial charge in [0.15, 0.2) is 5.13 Å². The average molecular weight is 317 g/mol. The summed E-state index contributed by atoms with van der Waals surface area (Å²) in [6.45, 7) is 11.7. The van der Waals surface area contributed by atoms with Gasteiger partial charge in [0, 0.05) is 23.4 Å². The molecule has 2 aromatic heterocycles. The second kappa shape index (κ2) is 6.30. The van der Waals surface area contributed by atoms with Gasteiger partial charge >= 0.3 is 0 Å². The minimum atomic E-state index is 0.516. The third kappa shape index (κ3) is 3.28. The minimum absolute atomic E-state index is 0.516. The lowest BCUT2D eigenvalue weighted by Gasteiger charge is -2.14. The van der Waals surface area contributed by atoms with Crippen molar-refractivity contribution in [1.29, 1.82) is 0 Å². The lowest BCUT2D eigenvalue weighted by Crippen LogP contribution is -2.19. The summed E-state index contributed by atoms with van der Waals surface area (Å²) in [7, 11) is 0. The zero-order chi connectivity index (χ0) is 15.7. The first-order chi connectivity index (χ1) is 10.5. The van der Waals surface area contributed by atoms with E-state index in [2.05, 4.69) is 45.1 Å². The number of anilines is 2. The molecule has 2 aromatic rings. The fraction of sp³-hybridized carbons (Fsp3) is 0.562. The molecule has 0 aromatic carbocycles. The van der Waals surface area contributed by atoms with Crippen LogP contribution in [0, 0.1) is 20.8 Å². The number of rotatable bonds is 4. The lowest BCUT2D eigenvalue weighted by molar-refractivity contribution is 0.353. The van der Waals surface area contributed by atoms with Gasteiger partial charge in [0.25, 0.3) is 0 Å². The molecule has 1 fully saturated rings. The van der Waals surface area contributed by atoms with Gasteiger partial charge in [-0.3, -0.25) is 0 Å². The summed E-state index contributed by atoms with van der Waals surface area (Å²) in [5.41, 5.74) is 2.23. The smallest absolute Gasteiger partial charge is 0.188 e. The van der Waals surface area contributed by atoms with Crippen molar-refractivity contribution in [2.45, 2.75) is 40.0 Å². The third-order valence-electron chi connectivity index (χ3n) is 4.26. The van der Waals surface area contributed by atoms with Crippen molar-refractivity contribution >= 4 is 22.3 Å². The molecule has 6 heteroatoms. The van der Waals surface area contributed by atoms with E-state index in [1.165, 1.54) is 11.3 Å². The first-order valence-corrected chi connectivity index (χ1v) is 8.65. The van der Waals surface area contributed by atoms with E-state index in [-0.39, 0.29) is 0 Å². The van der Waals surface area contributed by atoms with E-state index in [9.17, 15) is 0 Å². The molecule has 1 saturated heterocycles. The van der Waals surface area contributed by atoms with Gasteiger partial charge in [0.1, 0.15) is 11.6 Å². The molecule has 5 nitrogen and oxygen atoms in total. The van der Waals surface area contributed by atoms with Crippen molar-refractivity contribution < 1.29 is 0 Å². The highest BCUT2D eigenvalue weighted by Crippen LogP contribution is 2.29. The molecule has 0 aliphatic carbocycles. The number of aryl methyl sites for hydroxylation is 3. The molecule has 0 spiro atoms. The summed E-state index contributed by atoms with van der Waals surface area (Å²) in [5.74, 6) is 2.19. The fourth-order valence-electron chi connectivity index (χ4n) is 2.86. The van der Waals surface area contributed by atoms with Crippen LogP contribution in [0.3, 0.4) is 0 Å². The second-order valence-corrected chi connectivity index (χ2v) is 7.09. The topological polar surface area (TPSA) is 53.9 Å². The molecule has 118 valence electrons. The Morgan fingerprint density at radius 2 is 2.09 bits per heavy atom. The normalized spacial score (nSPS) is 18.8. The Morgan fingerprint density at radius 3 is 2.73 bits per heavy atom. The number of likely N-dealkylation sites (N-methyl/N-ethyl adjacent to an activating group) is 1. The predicted molar refractivity (Wildman–Crippen MR) is 91.1 cm³/mol. The van der Waals surface area contributed by atoms with Gasteiger partial charge in [-0.1, -0.05) is 6.92 Å². The quantitative estimate of drug-likeness (QED) is 0.936. The molecule has 3 heterocycles. The summed E-state index contributed by atoms with van der Waals surface area (Å²) in [6, 6.07) is 2.09. The number of nitrogens with one attached hydrogen (secondary N) is 1. The van der Waals surface area contributed by atoms with Gasteiger partial charge < -0.3 is 10.2 Å². The van der Waals surface area contributed by atoms with Gasteiger partial charge in [0.2, 0.25) is 0 Å². The lowest BCUT2D eigenvalue weighted by atomic mass is 10.0. The van der Waals surface area contributed by atoms with Crippen LogP contribution in [0.25, 0.3) is 0 Å². The number of hydrogen-bond acceptors (Lipinski definition) is 6. The summed E-state index contributed by atoms with van der Waals surface area (Å²) < 4.78 is 0. The van der Waals surface area contributed by atoms with Crippen molar-refractivity contribution in [3.05, 3.63) is 28.2 Å². The first-order valence-electron chi connectivity index (χ1n) is 7.84. The number of thiazole rings is 1. The number of likely N-dealkylation sites (tertiary alicyclic amines) is 1. The van der Waals surface area contributed by atoms with Crippen LogP contribution >= 0.6 is 11.3 Å². The van der Waals surface area contributed by atoms with Gasteiger partial charge in [-0.25, -0.2) is 15.0 Å². The van der Waals surface area contributed by atoms with Gasteiger partial charge in [-0.05, 0) is 40.3 Å². The molecule has 1 aliphatic rings. The molecular formula is C16H23N5S. The zero-order valence-corrected chi connectivity index (χ0v) is 14.5. The maximum absolute atomic E-state index is 4.65. The van der Waals surface area contributed by atoms with Crippen LogP contribution in [-0.4, -0.2) is 39.5 Å². The summed E-state index contributed by atoms with van der Waals surface area (Å²) in [5, 5.41) is 4.24. The first kappa shape index (κ1) is 15.4. The van der Waals surface area contributed by atoms with E-state index < -0.39 is 0 Å². The maximum atomic E-state index is 4.65. The second-order valence-electron chi connectivity index (χ2n) is 5.89. The number of aromatic nitrogens is 3. The molecule has 1 aliphatic heterocycles. The van der Waals surface area contributed by atoms with E-state index >= 15 is 0 Å². The van der Waals surface area contributed by atoms with E-state index in [1.807, 2.05) is 13.8 Å². The van der Waals surface area contributed by atoms with Crippen LogP contribution < -0.4 is 5.32 Å². The van der Waals surface area contributed by atoms with Crippen LogP contribution in [0.1, 0.15) is 41.4 Å². The summed E-state index contributed by atoms with van der Waals surface area (Å²) >= 11 is 1.67. The molecule has 3 rings (SSSR count). The SMILES string of the molecule is CCN1CCC(c2cc(Nc3nc(C)c(C)s3)nc(C)n2)C1. The predicted octanol–water partition coefficient (Wildman–Crippen LogP) is 3.41. The Balaban J connectivity index is 1.80. The molecule has 0 bridgehead atoms. The van der Waals surface area contributed by atoms with Crippen LogP contribution in [0.4, 0.5) is 10.9 Å². The Hall–Kier alpha value is -1.53. The largest absolute Gasteiger partial charge is 0.316 e. The van der Waals surface area contributed by atoms with Crippen LogP contribution in [0.5, 0.6) is 0 Å². The van der Waals surface area contributed by atoms with Crippen molar-refractivity contribution in [2.24, 2.45) is 0 Å². The highest BCUT2D eigenvalue weighted by Gasteiger charge is 2.24. The molecule has 1 atom stereocenters. The van der Waals surface area contributed by atoms with Crippen molar-refractivity contribution in [1.82, 2.24) is 19.9 Å². The standard InChI is InChI=1S/C16H23N5S/c1-5-21-7-6-13(9-21)14-8-15(19-12(4)18-14)20-16-17-10(2)11(3)22-16/h8,13H,5-7,9H2,1-4H3,(H,17,18,19,20). The van der Waals surface area contributed by atoms with Gasteiger partial charge in [-0.2, -0.15) is 0 Å². The van der Waals surface area contributed by atoms with Gasteiger partial charge in [-0.15, -0.1) is 11.3 Å². The highest BCUT2D eigenvalue weighted by molar-refractivity contribution is 7.15. The van der Waals surface area contributed by atoms with Crippen molar-refractivity contribution in [3.63, 3.8) is 0 Å². The van der Waals surface area contributed by atoms with Crippen LogP contribution in [0.2, 0.25) is 0 Å².